The molecule has 0 spiro atoms. The van der Waals surface area contributed by atoms with E-state index in [9.17, 15) is 9.59 Å². The first-order valence-corrected chi connectivity index (χ1v) is 13.7. The molecule has 3 rings (SSSR count). The maximum absolute atomic E-state index is 13.9. The number of rotatable bonds is 13. The van der Waals surface area contributed by atoms with E-state index in [0.29, 0.717) is 24.5 Å². The van der Waals surface area contributed by atoms with E-state index >= 15 is 0 Å². The number of unbranched alkanes of at least 4 members (excludes halogenated alkanes) is 1. The predicted octanol–water partition coefficient (Wildman–Crippen LogP) is 5.93. The Morgan fingerprint density at radius 2 is 1.62 bits per heavy atom. The molecular formula is C33H42N2O4. The van der Waals surface area contributed by atoms with Gasteiger partial charge in [-0.25, -0.2) is 0 Å². The summed E-state index contributed by atoms with van der Waals surface area (Å²) >= 11 is 0. The summed E-state index contributed by atoms with van der Waals surface area (Å²) in [6.07, 6.45) is 2.24. The molecule has 1 unspecified atom stereocenters. The number of ether oxygens (including phenoxy) is 2. The van der Waals surface area contributed by atoms with E-state index in [2.05, 4.69) is 33.0 Å². The van der Waals surface area contributed by atoms with Crippen molar-refractivity contribution in [3.8, 4) is 11.5 Å². The number of para-hydroxylation sites is 1. The van der Waals surface area contributed by atoms with Crippen molar-refractivity contribution < 1.29 is 19.1 Å². The molecule has 6 heteroatoms. The topological polar surface area (TPSA) is 67.9 Å². The van der Waals surface area contributed by atoms with Crippen molar-refractivity contribution in [1.82, 2.24) is 10.2 Å². The van der Waals surface area contributed by atoms with Gasteiger partial charge in [-0.2, -0.15) is 0 Å². The third kappa shape index (κ3) is 8.88. The van der Waals surface area contributed by atoms with Crippen molar-refractivity contribution in [1.29, 1.82) is 0 Å². The lowest BCUT2D eigenvalue weighted by molar-refractivity contribution is -0.142. The Labute approximate surface area is 233 Å². The van der Waals surface area contributed by atoms with Crippen LogP contribution in [0.1, 0.15) is 57.2 Å². The van der Waals surface area contributed by atoms with E-state index in [-0.39, 0.29) is 30.4 Å². The van der Waals surface area contributed by atoms with Crippen LogP contribution in [0.25, 0.3) is 0 Å². The van der Waals surface area contributed by atoms with Crippen molar-refractivity contribution in [2.45, 2.75) is 65.0 Å². The second-order valence-corrected chi connectivity index (χ2v) is 10.8. The smallest absolute Gasteiger partial charge is 0.261 e. The third-order valence-electron chi connectivity index (χ3n) is 6.63. The van der Waals surface area contributed by atoms with Crippen LogP contribution in [0.15, 0.2) is 78.9 Å². The molecule has 3 aromatic carbocycles. The van der Waals surface area contributed by atoms with Gasteiger partial charge >= 0.3 is 0 Å². The Morgan fingerprint density at radius 1 is 0.923 bits per heavy atom. The van der Waals surface area contributed by atoms with Gasteiger partial charge in [0.25, 0.3) is 5.91 Å². The van der Waals surface area contributed by atoms with Gasteiger partial charge in [-0.15, -0.1) is 0 Å². The van der Waals surface area contributed by atoms with Crippen LogP contribution in [-0.2, 0) is 28.0 Å². The van der Waals surface area contributed by atoms with Crippen molar-refractivity contribution in [2.75, 3.05) is 20.3 Å². The average molecular weight is 531 g/mol. The number of methoxy groups -OCH3 is 1. The zero-order valence-electron chi connectivity index (χ0n) is 23.9. The number of nitrogens with zero attached hydrogens (tertiary/aromatic N) is 1. The van der Waals surface area contributed by atoms with E-state index in [4.69, 9.17) is 9.47 Å². The number of carbonyl (C=O) groups excluding carboxylic acids is 2. The zero-order valence-corrected chi connectivity index (χ0v) is 23.9. The molecule has 1 atom stereocenters. The number of benzene rings is 3. The lowest BCUT2D eigenvalue weighted by Gasteiger charge is -2.32. The van der Waals surface area contributed by atoms with Gasteiger partial charge in [0, 0.05) is 19.5 Å². The highest BCUT2D eigenvalue weighted by molar-refractivity contribution is 5.88. The van der Waals surface area contributed by atoms with Crippen LogP contribution in [0, 0.1) is 0 Å². The molecule has 1 N–H and O–H groups in total. The van der Waals surface area contributed by atoms with Crippen LogP contribution in [0.5, 0.6) is 11.5 Å². The fourth-order valence-corrected chi connectivity index (χ4v) is 4.46. The van der Waals surface area contributed by atoms with Crippen LogP contribution in [0.4, 0.5) is 0 Å². The largest absolute Gasteiger partial charge is 0.497 e. The van der Waals surface area contributed by atoms with Gasteiger partial charge in [0.2, 0.25) is 5.91 Å². The van der Waals surface area contributed by atoms with E-state index < -0.39 is 6.04 Å². The molecule has 3 aromatic rings. The fraction of sp³-hybridized carbons (Fsp3) is 0.394. The SMILES string of the molecule is CCCCNC(=O)C(Cc1ccccc1)N(Cc1cccc(OC)c1)C(=O)COc1ccccc1C(C)(C)C. The van der Waals surface area contributed by atoms with Crippen LogP contribution in [-0.4, -0.2) is 43.0 Å². The molecule has 2 amide bonds. The maximum atomic E-state index is 13.9. The highest BCUT2D eigenvalue weighted by atomic mass is 16.5. The molecule has 6 nitrogen and oxygen atoms in total. The molecule has 0 saturated carbocycles. The minimum absolute atomic E-state index is 0.144. The number of hydrogen-bond donors (Lipinski definition) is 1. The summed E-state index contributed by atoms with van der Waals surface area (Å²) in [6.45, 7) is 9.06. The maximum Gasteiger partial charge on any atom is 0.261 e. The van der Waals surface area contributed by atoms with Crippen LogP contribution < -0.4 is 14.8 Å². The lowest BCUT2D eigenvalue weighted by atomic mass is 9.86. The summed E-state index contributed by atoms with van der Waals surface area (Å²) in [7, 11) is 1.61. The molecule has 0 radical (unpaired) electrons. The minimum atomic E-state index is -0.704. The highest BCUT2D eigenvalue weighted by Gasteiger charge is 2.31. The van der Waals surface area contributed by atoms with Gasteiger partial charge in [0.1, 0.15) is 17.5 Å². The Bertz CT molecular complexity index is 1200. The zero-order chi connectivity index (χ0) is 28.3. The van der Waals surface area contributed by atoms with E-state index in [0.717, 1.165) is 29.5 Å². The number of carbonyl (C=O) groups is 2. The number of hydrogen-bond acceptors (Lipinski definition) is 4. The van der Waals surface area contributed by atoms with Gasteiger partial charge in [-0.1, -0.05) is 94.8 Å². The molecule has 39 heavy (non-hydrogen) atoms. The summed E-state index contributed by atoms with van der Waals surface area (Å²) < 4.78 is 11.5. The highest BCUT2D eigenvalue weighted by Crippen LogP contribution is 2.31. The van der Waals surface area contributed by atoms with Gasteiger partial charge in [0.05, 0.1) is 7.11 Å². The van der Waals surface area contributed by atoms with Gasteiger partial charge < -0.3 is 19.7 Å². The van der Waals surface area contributed by atoms with E-state index in [1.165, 1.54) is 0 Å². The fourth-order valence-electron chi connectivity index (χ4n) is 4.46. The second kappa shape index (κ2) is 14.4. The minimum Gasteiger partial charge on any atom is -0.497 e. The van der Waals surface area contributed by atoms with Crippen molar-refractivity contribution in [3.05, 3.63) is 95.6 Å². The normalized spacial score (nSPS) is 11.9. The van der Waals surface area contributed by atoms with E-state index in [1.807, 2.05) is 78.9 Å². The lowest BCUT2D eigenvalue weighted by Crippen LogP contribution is -2.51. The summed E-state index contributed by atoms with van der Waals surface area (Å²) in [5, 5.41) is 3.05. The molecular weight excluding hydrogens is 488 g/mol. The number of nitrogens with one attached hydrogen (secondary N) is 1. The summed E-state index contributed by atoms with van der Waals surface area (Å²) in [4.78, 5) is 29.1. The summed E-state index contributed by atoms with van der Waals surface area (Å²) in [5.41, 5.74) is 2.73. The van der Waals surface area contributed by atoms with Gasteiger partial charge in [0.15, 0.2) is 6.61 Å². The first-order chi connectivity index (χ1) is 18.7. The Kier molecular flexibility index (Phi) is 11.0. The van der Waals surface area contributed by atoms with Gasteiger partial charge in [-0.3, -0.25) is 9.59 Å². The molecule has 0 aliphatic rings. The Balaban J connectivity index is 1.94. The molecule has 0 aromatic heterocycles. The molecule has 0 aliphatic heterocycles. The first kappa shape index (κ1) is 29.8. The Hall–Kier alpha value is -3.80. The first-order valence-electron chi connectivity index (χ1n) is 13.7. The third-order valence-corrected chi connectivity index (χ3v) is 6.63. The van der Waals surface area contributed by atoms with E-state index in [1.54, 1.807) is 12.0 Å². The molecule has 0 fully saturated rings. The van der Waals surface area contributed by atoms with Crippen molar-refractivity contribution in [3.63, 3.8) is 0 Å². The van der Waals surface area contributed by atoms with Gasteiger partial charge in [-0.05, 0) is 46.7 Å². The molecule has 0 bridgehead atoms. The van der Waals surface area contributed by atoms with Crippen LogP contribution in [0.2, 0.25) is 0 Å². The quantitative estimate of drug-likeness (QED) is 0.278. The van der Waals surface area contributed by atoms with Crippen molar-refractivity contribution >= 4 is 11.8 Å². The number of amides is 2. The average Bonchev–Trinajstić information content (AvgIpc) is 2.94. The molecule has 0 saturated heterocycles. The standard InChI is InChI=1S/C33H42N2O4/c1-6-7-20-34-32(37)29(22-25-14-9-8-10-15-25)35(23-26-16-13-17-27(21-26)38-5)31(36)24-39-30-19-12-11-18-28(30)33(2,3)4/h8-19,21,29H,6-7,20,22-24H2,1-5H3,(H,34,37). The Morgan fingerprint density at radius 3 is 2.31 bits per heavy atom. The van der Waals surface area contributed by atoms with Crippen LogP contribution in [0.3, 0.4) is 0 Å². The summed E-state index contributed by atoms with van der Waals surface area (Å²) in [6, 6.07) is 24.5. The molecule has 208 valence electrons. The summed E-state index contributed by atoms with van der Waals surface area (Å²) in [5.74, 6) is 0.945. The van der Waals surface area contributed by atoms with Crippen molar-refractivity contribution in [2.24, 2.45) is 0 Å². The second-order valence-electron chi connectivity index (χ2n) is 10.8. The predicted molar refractivity (Wildman–Crippen MR) is 156 cm³/mol. The molecule has 0 heterocycles. The monoisotopic (exact) mass is 530 g/mol. The molecule has 0 aliphatic carbocycles. The van der Waals surface area contributed by atoms with Crippen LogP contribution >= 0.6 is 0 Å².